The SMILES string of the molecule is O=C(NCc1ccc(CBr)cc1)c1c[nH]ccc1=O. The van der Waals surface area contributed by atoms with Crippen molar-refractivity contribution >= 4 is 21.8 Å². The van der Waals surface area contributed by atoms with Gasteiger partial charge in [0.05, 0.1) is 0 Å². The quantitative estimate of drug-likeness (QED) is 0.848. The Balaban J connectivity index is 2.00. The van der Waals surface area contributed by atoms with E-state index >= 15 is 0 Å². The van der Waals surface area contributed by atoms with Gasteiger partial charge in [0.25, 0.3) is 5.91 Å². The summed E-state index contributed by atoms with van der Waals surface area (Å²) in [6, 6.07) is 9.22. The highest BCUT2D eigenvalue weighted by molar-refractivity contribution is 9.08. The number of hydrogen-bond acceptors (Lipinski definition) is 2. The number of aromatic amines is 1. The van der Waals surface area contributed by atoms with E-state index in [2.05, 4.69) is 26.2 Å². The molecule has 1 aromatic carbocycles. The number of H-pyrrole nitrogens is 1. The fourth-order valence-electron chi connectivity index (χ4n) is 1.62. The largest absolute Gasteiger partial charge is 0.367 e. The minimum absolute atomic E-state index is 0.125. The van der Waals surface area contributed by atoms with Crippen LogP contribution in [0.4, 0.5) is 0 Å². The van der Waals surface area contributed by atoms with Crippen LogP contribution in [0.5, 0.6) is 0 Å². The number of alkyl halides is 1. The van der Waals surface area contributed by atoms with Crippen molar-refractivity contribution in [3.8, 4) is 0 Å². The highest BCUT2D eigenvalue weighted by atomic mass is 79.9. The Morgan fingerprint density at radius 3 is 2.47 bits per heavy atom. The van der Waals surface area contributed by atoms with Crippen LogP contribution >= 0.6 is 15.9 Å². The number of halogens is 1. The molecule has 1 heterocycles. The molecule has 1 amide bonds. The standard InChI is InChI=1S/C14H13BrN2O2/c15-7-10-1-3-11(4-2-10)8-17-14(19)12-9-16-6-5-13(12)18/h1-6,9H,7-8H2,(H,16,18)(H,17,19). The van der Waals surface area contributed by atoms with E-state index in [1.165, 1.54) is 24.0 Å². The Bertz CT molecular complexity index is 620. The van der Waals surface area contributed by atoms with Crippen LogP contribution in [0, 0.1) is 0 Å². The van der Waals surface area contributed by atoms with Crippen LogP contribution in [-0.2, 0) is 11.9 Å². The van der Waals surface area contributed by atoms with E-state index in [0.717, 1.165) is 10.9 Å². The molecule has 0 atom stereocenters. The van der Waals surface area contributed by atoms with Crippen LogP contribution in [0.2, 0.25) is 0 Å². The van der Waals surface area contributed by atoms with Gasteiger partial charge < -0.3 is 10.3 Å². The second-order valence-electron chi connectivity index (χ2n) is 4.06. The van der Waals surface area contributed by atoms with Crippen molar-refractivity contribution in [2.24, 2.45) is 0 Å². The summed E-state index contributed by atoms with van der Waals surface area (Å²) in [5, 5.41) is 3.53. The van der Waals surface area contributed by atoms with Gasteiger partial charge in [0.1, 0.15) is 5.56 Å². The van der Waals surface area contributed by atoms with Gasteiger partial charge in [-0.2, -0.15) is 0 Å². The fraction of sp³-hybridized carbons (Fsp3) is 0.143. The van der Waals surface area contributed by atoms with E-state index in [4.69, 9.17) is 0 Å². The van der Waals surface area contributed by atoms with Crippen LogP contribution in [-0.4, -0.2) is 10.9 Å². The lowest BCUT2D eigenvalue weighted by atomic mass is 10.1. The normalized spacial score (nSPS) is 10.2. The first-order valence-corrected chi connectivity index (χ1v) is 6.92. The molecule has 2 rings (SSSR count). The molecular weight excluding hydrogens is 308 g/mol. The average Bonchev–Trinajstić information content (AvgIpc) is 2.46. The summed E-state index contributed by atoms with van der Waals surface area (Å²) < 4.78 is 0. The predicted octanol–water partition coefficient (Wildman–Crippen LogP) is 2.20. The molecule has 0 saturated heterocycles. The highest BCUT2D eigenvalue weighted by Crippen LogP contribution is 2.07. The minimum atomic E-state index is -0.369. The zero-order chi connectivity index (χ0) is 13.7. The van der Waals surface area contributed by atoms with E-state index in [1.54, 1.807) is 0 Å². The maximum atomic E-state index is 11.8. The zero-order valence-corrected chi connectivity index (χ0v) is 11.7. The summed E-state index contributed by atoms with van der Waals surface area (Å²) in [5.74, 6) is -0.369. The van der Waals surface area contributed by atoms with Crippen molar-refractivity contribution in [2.45, 2.75) is 11.9 Å². The molecule has 19 heavy (non-hydrogen) atoms. The third-order valence-corrected chi connectivity index (χ3v) is 3.35. The molecule has 2 N–H and O–H groups in total. The first kappa shape index (κ1) is 13.5. The smallest absolute Gasteiger partial charge is 0.257 e. The van der Waals surface area contributed by atoms with Crippen LogP contribution < -0.4 is 10.7 Å². The molecule has 2 aromatic rings. The molecule has 0 radical (unpaired) electrons. The van der Waals surface area contributed by atoms with Gasteiger partial charge in [-0.25, -0.2) is 0 Å². The van der Waals surface area contributed by atoms with Crippen LogP contribution in [0.15, 0.2) is 47.5 Å². The van der Waals surface area contributed by atoms with Crippen LogP contribution in [0.25, 0.3) is 0 Å². The molecule has 0 saturated carbocycles. The lowest BCUT2D eigenvalue weighted by Gasteiger charge is -2.05. The number of hydrogen-bond donors (Lipinski definition) is 2. The molecule has 0 bridgehead atoms. The Hall–Kier alpha value is -1.88. The Morgan fingerprint density at radius 2 is 1.84 bits per heavy atom. The summed E-state index contributed by atoms with van der Waals surface area (Å²) >= 11 is 3.37. The zero-order valence-electron chi connectivity index (χ0n) is 10.2. The lowest BCUT2D eigenvalue weighted by Crippen LogP contribution is -2.27. The van der Waals surface area contributed by atoms with Crippen molar-refractivity contribution in [2.75, 3.05) is 0 Å². The molecule has 1 aromatic heterocycles. The van der Waals surface area contributed by atoms with Crippen molar-refractivity contribution in [3.63, 3.8) is 0 Å². The van der Waals surface area contributed by atoms with Gasteiger partial charge in [-0.1, -0.05) is 40.2 Å². The van der Waals surface area contributed by atoms with E-state index < -0.39 is 0 Å². The molecule has 0 fully saturated rings. The van der Waals surface area contributed by atoms with Gasteiger partial charge in [-0.05, 0) is 11.1 Å². The number of aromatic nitrogens is 1. The fourth-order valence-corrected chi connectivity index (χ4v) is 1.99. The van der Waals surface area contributed by atoms with Gasteiger partial charge in [-0.3, -0.25) is 9.59 Å². The van der Waals surface area contributed by atoms with Crippen molar-refractivity contribution in [1.82, 2.24) is 10.3 Å². The summed E-state index contributed by atoms with van der Waals surface area (Å²) in [6.07, 6.45) is 2.91. The monoisotopic (exact) mass is 320 g/mol. The number of rotatable bonds is 4. The minimum Gasteiger partial charge on any atom is -0.367 e. The number of amides is 1. The maximum absolute atomic E-state index is 11.8. The molecule has 0 aliphatic heterocycles. The summed E-state index contributed by atoms with van der Waals surface area (Å²) in [7, 11) is 0. The Kier molecular flexibility index (Phi) is 4.52. The number of benzene rings is 1. The highest BCUT2D eigenvalue weighted by Gasteiger charge is 2.08. The number of carbonyl (C=O) groups excluding carboxylic acids is 1. The Labute approximate surface area is 119 Å². The van der Waals surface area contributed by atoms with Gasteiger partial charge in [-0.15, -0.1) is 0 Å². The average molecular weight is 321 g/mol. The number of pyridine rings is 1. The topological polar surface area (TPSA) is 62.0 Å². The maximum Gasteiger partial charge on any atom is 0.257 e. The summed E-state index contributed by atoms with van der Waals surface area (Å²) in [6.45, 7) is 0.399. The van der Waals surface area contributed by atoms with Gasteiger partial charge in [0, 0.05) is 30.3 Å². The van der Waals surface area contributed by atoms with Crippen molar-refractivity contribution < 1.29 is 4.79 Å². The van der Waals surface area contributed by atoms with E-state index in [0.29, 0.717) is 6.54 Å². The second-order valence-corrected chi connectivity index (χ2v) is 4.62. The first-order valence-electron chi connectivity index (χ1n) is 5.80. The molecule has 0 aliphatic rings. The third-order valence-electron chi connectivity index (χ3n) is 2.70. The molecule has 0 aliphatic carbocycles. The van der Waals surface area contributed by atoms with Crippen molar-refractivity contribution in [1.29, 1.82) is 0 Å². The van der Waals surface area contributed by atoms with E-state index in [1.807, 2.05) is 24.3 Å². The van der Waals surface area contributed by atoms with E-state index in [-0.39, 0.29) is 16.9 Å². The molecule has 0 spiro atoms. The molecular formula is C14H13BrN2O2. The van der Waals surface area contributed by atoms with Gasteiger partial charge >= 0.3 is 0 Å². The first-order chi connectivity index (χ1) is 9.20. The summed E-state index contributed by atoms with van der Waals surface area (Å²) in [5.41, 5.74) is 2.01. The number of nitrogens with one attached hydrogen (secondary N) is 2. The lowest BCUT2D eigenvalue weighted by molar-refractivity contribution is 0.0949. The van der Waals surface area contributed by atoms with Crippen molar-refractivity contribution in [3.05, 3.63) is 69.6 Å². The third kappa shape index (κ3) is 3.54. The molecule has 5 heteroatoms. The molecule has 98 valence electrons. The Morgan fingerprint density at radius 1 is 1.16 bits per heavy atom. The molecule has 4 nitrogen and oxygen atoms in total. The van der Waals surface area contributed by atoms with Gasteiger partial charge in [0.2, 0.25) is 0 Å². The molecule has 0 unspecified atom stereocenters. The van der Waals surface area contributed by atoms with Crippen LogP contribution in [0.3, 0.4) is 0 Å². The van der Waals surface area contributed by atoms with Crippen LogP contribution in [0.1, 0.15) is 21.5 Å². The van der Waals surface area contributed by atoms with Gasteiger partial charge in [0.15, 0.2) is 5.43 Å². The number of carbonyl (C=O) groups is 1. The van der Waals surface area contributed by atoms with E-state index in [9.17, 15) is 9.59 Å². The second kappa shape index (κ2) is 6.33. The summed E-state index contributed by atoms with van der Waals surface area (Å²) in [4.78, 5) is 26.0. The predicted molar refractivity (Wildman–Crippen MR) is 77.3 cm³/mol.